The zero-order valence-electron chi connectivity index (χ0n) is 50.8. The van der Waals surface area contributed by atoms with Gasteiger partial charge in [-0.05, 0) is 257 Å². The molecule has 0 spiro atoms. The van der Waals surface area contributed by atoms with Crippen LogP contribution in [0.3, 0.4) is 0 Å². The number of ether oxygens (including phenoxy) is 7. The van der Waals surface area contributed by atoms with Crippen LogP contribution < -0.4 is 0 Å². The van der Waals surface area contributed by atoms with Crippen molar-refractivity contribution in [3.05, 3.63) is 0 Å². The number of carbonyl (C=O) groups is 5. The van der Waals surface area contributed by atoms with E-state index in [-0.39, 0.29) is 136 Å². The van der Waals surface area contributed by atoms with Gasteiger partial charge in [-0.1, -0.05) is 87.1 Å². The van der Waals surface area contributed by atoms with Gasteiger partial charge in [0.2, 0.25) is 0 Å². The fraction of sp³-hybridized carbons (Fsp3) is 0.932. The van der Waals surface area contributed by atoms with Crippen molar-refractivity contribution in [3.8, 4) is 0 Å². The molecule has 0 aromatic carbocycles. The smallest absolute Gasteiger partial charge is 0.313 e. The first-order chi connectivity index (χ1) is 36.4. The highest BCUT2D eigenvalue weighted by Gasteiger charge is 2.66. The lowest BCUT2D eigenvalue weighted by Gasteiger charge is -2.61. The molecule has 506 valence electrons. The topological polar surface area (TPSA) is 170 Å². The van der Waals surface area contributed by atoms with Crippen LogP contribution in [0.15, 0.2) is 0 Å². The SMILES string of the molecule is C.C.C.C.C.C.C.C.CCC(C)(C)C(=O)OC(C)(C)C12CC3CC(CC(C3)C1)C2.CCC(C)(C)C(=O)OC12CC3CC(CC(O)(C3)C1)C2.CCC(C)(C)C(=O)OC1C2CC3C(=O)OC1C3O2.CCC(C)(C)C(=O)OCOC1C2CC3CC(C2)CC1C3. The molecular formula is C73H136O13. The van der Waals surface area contributed by atoms with Gasteiger partial charge < -0.3 is 38.3 Å². The Balaban J connectivity index is 0.000000557. The molecule has 3 heterocycles. The first-order valence-electron chi connectivity index (χ1n) is 31.4. The standard InChI is InChI=1S/C19H32O2.C17H28O3.C16H26O3.C13H18O5.8CH4/c1-6-17(2,3)16(20)21-18(4,5)19-10-13-7-14(11-19)9-15(8-13)12-19;1-4-17(2,3)16(18)20-10-19-15-13-6-11-5-12(8-13)9-14(15)7-11;1-4-14(2,3)13(17)19-16-8-11-5-12(9-16)7-15(18,6-11)10-16;1-4-13(2,3)12(15)18-9-7-5-6-8(16-7)10(9)17-11(6)14;;;;;;;;/h13-15H,6-12H2,1-5H3;11-15H,4-10H2,1-3H3;11-12,18H,4-10H2,1-3H3;6-10H,4-5H2,1-3H3;8*1H4. The summed E-state index contributed by atoms with van der Waals surface area (Å²) < 4.78 is 39.9. The summed E-state index contributed by atoms with van der Waals surface area (Å²) in [4.78, 5) is 60.5. The molecule has 14 bridgehead atoms. The molecule has 3 saturated heterocycles. The number of aliphatic hydroxyl groups is 1. The molecule has 86 heavy (non-hydrogen) atoms. The molecule has 0 aromatic heterocycles. The first kappa shape index (κ1) is 81.2. The van der Waals surface area contributed by atoms with Gasteiger partial charge in [0, 0.05) is 11.8 Å². The van der Waals surface area contributed by atoms with E-state index >= 15 is 0 Å². The predicted molar refractivity (Wildman–Crippen MR) is 349 cm³/mol. The number of hydrogen-bond donors (Lipinski definition) is 1. The van der Waals surface area contributed by atoms with Crippen molar-refractivity contribution in [2.45, 2.75) is 345 Å². The third-order valence-corrected chi connectivity index (χ3v) is 23.3. The average molecular weight is 1220 g/mol. The molecule has 12 aliphatic carbocycles. The van der Waals surface area contributed by atoms with Crippen LogP contribution in [0.25, 0.3) is 0 Å². The van der Waals surface area contributed by atoms with Crippen molar-refractivity contribution in [1.29, 1.82) is 0 Å². The Morgan fingerprint density at radius 3 is 1.37 bits per heavy atom. The van der Waals surface area contributed by atoms with Crippen LogP contribution in [0.2, 0.25) is 0 Å². The van der Waals surface area contributed by atoms with E-state index in [0.717, 1.165) is 86.4 Å². The minimum Gasteiger partial charge on any atom is -0.459 e. The minimum atomic E-state index is -0.555. The Bertz CT molecular complexity index is 2150. The van der Waals surface area contributed by atoms with Crippen LogP contribution >= 0.6 is 0 Å². The monoisotopic (exact) mass is 1220 g/mol. The maximum atomic E-state index is 12.6. The molecule has 13 heteroatoms. The van der Waals surface area contributed by atoms with Crippen LogP contribution in [0.4, 0.5) is 0 Å². The summed E-state index contributed by atoms with van der Waals surface area (Å²) in [6.07, 6.45) is 23.5. The van der Waals surface area contributed by atoms with Crippen molar-refractivity contribution in [3.63, 3.8) is 0 Å². The summed E-state index contributed by atoms with van der Waals surface area (Å²) in [6, 6.07) is 0. The summed E-state index contributed by atoms with van der Waals surface area (Å²) in [5.74, 6) is 6.35. The van der Waals surface area contributed by atoms with E-state index in [4.69, 9.17) is 33.2 Å². The van der Waals surface area contributed by atoms with Crippen LogP contribution in [0, 0.1) is 86.3 Å². The number of carbonyl (C=O) groups excluding carboxylic acids is 5. The summed E-state index contributed by atoms with van der Waals surface area (Å²) in [5, 5.41) is 10.6. The Labute approximate surface area is 527 Å². The Kier molecular flexibility index (Phi) is 28.0. The van der Waals surface area contributed by atoms with Gasteiger partial charge in [0.1, 0.15) is 17.3 Å². The Hall–Kier alpha value is -2.77. The van der Waals surface area contributed by atoms with E-state index in [1.807, 2.05) is 76.2 Å². The van der Waals surface area contributed by atoms with Gasteiger partial charge in [-0.2, -0.15) is 0 Å². The second kappa shape index (κ2) is 29.7. The fourth-order valence-corrected chi connectivity index (χ4v) is 17.7. The van der Waals surface area contributed by atoms with Gasteiger partial charge >= 0.3 is 29.8 Å². The van der Waals surface area contributed by atoms with Crippen molar-refractivity contribution < 1.29 is 62.2 Å². The zero-order chi connectivity index (χ0) is 56.8. The first-order valence-corrected chi connectivity index (χ1v) is 31.4. The number of fused-ring (bicyclic) bond motifs is 1. The maximum Gasteiger partial charge on any atom is 0.313 e. The van der Waals surface area contributed by atoms with Gasteiger partial charge in [-0.25, -0.2) is 0 Å². The Morgan fingerprint density at radius 1 is 0.500 bits per heavy atom. The van der Waals surface area contributed by atoms with Crippen LogP contribution in [-0.4, -0.2) is 89.1 Å². The van der Waals surface area contributed by atoms with Crippen molar-refractivity contribution in [2.24, 2.45) is 86.3 Å². The molecule has 0 radical (unpaired) electrons. The molecule has 0 aromatic rings. The van der Waals surface area contributed by atoms with Crippen molar-refractivity contribution in [2.75, 3.05) is 6.79 Å². The molecule has 7 unspecified atom stereocenters. The summed E-state index contributed by atoms with van der Waals surface area (Å²) >= 11 is 0. The minimum absolute atomic E-state index is 0. The number of hydrogen-bond acceptors (Lipinski definition) is 13. The molecule has 15 fully saturated rings. The van der Waals surface area contributed by atoms with Gasteiger partial charge in [0.25, 0.3) is 0 Å². The lowest BCUT2D eigenvalue weighted by molar-refractivity contribution is -0.225. The molecule has 7 atom stereocenters. The molecule has 1 N–H and O–H groups in total. The highest BCUT2D eigenvalue weighted by atomic mass is 16.7. The molecule has 15 aliphatic rings. The van der Waals surface area contributed by atoms with Crippen LogP contribution in [0.5, 0.6) is 0 Å². The van der Waals surface area contributed by atoms with Crippen LogP contribution in [-0.2, 0) is 57.1 Å². The highest BCUT2D eigenvalue weighted by Crippen LogP contribution is 2.65. The lowest BCUT2D eigenvalue weighted by Crippen LogP contribution is -2.61. The molecular weight excluding hydrogens is 1080 g/mol. The maximum absolute atomic E-state index is 12.6. The average Bonchev–Trinajstić information content (AvgIpc) is 0.893. The molecule has 12 saturated carbocycles. The summed E-state index contributed by atoms with van der Waals surface area (Å²) in [6.45, 7) is 28.0. The third-order valence-electron chi connectivity index (χ3n) is 23.3. The predicted octanol–water partition coefficient (Wildman–Crippen LogP) is 17.9. The summed E-state index contributed by atoms with van der Waals surface area (Å²) in [5.41, 5.74) is -2.65. The second-order valence-corrected chi connectivity index (χ2v) is 31.2. The highest BCUT2D eigenvalue weighted by molar-refractivity contribution is 5.79. The van der Waals surface area contributed by atoms with E-state index in [1.165, 1.54) is 77.0 Å². The van der Waals surface area contributed by atoms with E-state index in [9.17, 15) is 29.1 Å². The third kappa shape index (κ3) is 16.3. The van der Waals surface area contributed by atoms with Gasteiger partial charge in [-0.3, -0.25) is 24.0 Å². The molecule has 0 amide bonds. The van der Waals surface area contributed by atoms with Crippen molar-refractivity contribution >= 4 is 29.8 Å². The van der Waals surface area contributed by atoms with Crippen LogP contribution in [0.1, 0.15) is 298 Å². The largest absolute Gasteiger partial charge is 0.459 e. The summed E-state index contributed by atoms with van der Waals surface area (Å²) in [7, 11) is 0. The quantitative estimate of drug-likeness (QED) is 0.0934. The molecule has 15 rings (SSSR count). The fourth-order valence-electron chi connectivity index (χ4n) is 17.7. The van der Waals surface area contributed by atoms with E-state index in [1.54, 1.807) is 0 Å². The normalized spacial score (nSPS) is 36.9. The molecule has 13 nitrogen and oxygen atoms in total. The number of esters is 5. The zero-order valence-corrected chi connectivity index (χ0v) is 50.8. The number of rotatable bonds is 15. The van der Waals surface area contributed by atoms with E-state index < -0.39 is 34.1 Å². The van der Waals surface area contributed by atoms with E-state index in [2.05, 4.69) is 20.8 Å². The van der Waals surface area contributed by atoms with Gasteiger partial charge in [0.15, 0.2) is 19.0 Å². The molecule has 3 aliphatic heterocycles. The van der Waals surface area contributed by atoms with Gasteiger partial charge in [-0.15, -0.1) is 0 Å². The van der Waals surface area contributed by atoms with Crippen molar-refractivity contribution in [1.82, 2.24) is 0 Å². The second-order valence-electron chi connectivity index (χ2n) is 31.2. The van der Waals surface area contributed by atoms with Gasteiger partial charge in [0.05, 0.1) is 45.4 Å². The Morgan fingerprint density at radius 2 is 0.919 bits per heavy atom. The van der Waals surface area contributed by atoms with E-state index in [0.29, 0.717) is 37.2 Å². The lowest BCUT2D eigenvalue weighted by atomic mass is 9.46.